The van der Waals surface area contributed by atoms with Crippen LogP contribution in [0.2, 0.25) is 0 Å². The second kappa shape index (κ2) is 7.97. The van der Waals surface area contributed by atoms with Crippen molar-refractivity contribution in [3.8, 4) is 0 Å². The summed E-state index contributed by atoms with van der Waals surface area (Å²) in [5.41, 5.74) is 17.2. The molecule has 0 amide bonds. The molecule has 0 radical (unpaired) electrons. The van der Waals surface area contributed by atoms with Gasteiger partial charge in [-0.05, 0) is 31.4 Å². The minimum atomic E-state index is -4.35. The minimum absolute atomic E-state index is 0.126. The lowest BCUT2D eigenvalue weighted by Gasteiger charge is -2.33. The van der Waals surface area contributed by atoms with Crippen molar-refractivity contribution in [1.82, 2.24) is 21.9 Å². The third-order valence-electron chi connectivity index (χ3n) is 4.62. The summed E-state index contributed by atoms with van der Waals surface area (Å²) in [7, 11) is -8.27. The monoisotopic (exact) mass is 419 g/mol. The maximum absolute atomic E-state index is 12.7. The Kier molecular flexibility index (Phi) is 6.02. The predicted octanol–water partition coefficient (Wildman–Crippen LogP) is -1.83. The van der Waals surface area contributed by atoms with Crippen LogP contribution in [0.5, 0.6) is 0 Å². The van der Waals surface area contributed by atoms with Crippen molar-refractivity contribution in [2.45, 2.75) is 35.2 Å². The Labute approximate surface area is 158 Å². The summed E-state index contributed by atoms with van der Waals surface area (Å²) in [4.78, 5) is 1.31. The molecule has 1 aromatic carbocycles. The van der Waals surface area contributed by atoms with Crippen LogP contribution in [0.3, 0.4) is 0 Å². The molecule has 0 bridgehead atoms. The van der Waals surface area contributed by atoms with Crippen molar-refractivity contribution in [3.05, 3.63) is 17.7 Å². The van der Waals surface area contributed by atoms with Gasteiger partial charge in [0.2, 0.25) is 10.0 Å². The van der Waals surface area contributed by atoms with Gasteiger partial charge in [0.15, 0.2) is 9.84 Å². The van der Waals surface area contributed by atoms with Crippen LogP contribution in [-0.4, -0.2) is 42.2 Å². The van der Waals surface area contributed by atoms with Crippen LogP contribution in [0.1, 0.15) is 31.0 Å². The van der Waals surface area contributed by atoms with E-state index in [-0.39, 0.29) is 22.8 Å². The largest absolute Gasteiger partial charge is 0.371 e. The van der Waals surface area contributed by atoms with Crippen LogP contribution < -0.4 is 37.7 Å². The molecule has 8 N–H and O–H groups in total. The Balaban J connectivity index is 2.28. The molecule has 1 aromatic rings. The summed E-state index contributed by atoms with van der Waals surface area (Å²) in [6.07, 6.45) is 2.34. The topological polar surface area (TPSA) is 172 Å². The van der Waals surface area contributed by atoms with Crippen LogP contribution in [0.15, 0.2) is 21.9 Å². The normalized spacial score (nSPS) is 19.6. The summed E-state index contributed by atoms with van der Waals surface area (Å²) in [5.74, 6) is -0.375. The molecule has 0 spiro atoms. The Morgan fingerprint density at radius 3 is 2.22 bits per heavy atom. The molecule has 0 atom stereocenters. The molecule has 3 rings (SSSR count). The van der Waals surface area contributed by atoms with Crippen LogP contribution in [-0.2, 0) is 19.9 Å². The van der Waals surface area contributed by atoms with Gasteiger partial charge in [-0.1, -0.05) is 0 Å². The molecule has 0 aromatic heterocycles. The zero-order valence-corrected chi connectivity index (χ0v) is 16.4. The van der Waals surface area contributed by atoms with E-state index < -0.39 is 30.9 Å². The lowest BCUT2D eigenvalue weighted by atomic mass is 10.1. The third kappa shape index (κ3) is 4.25. The van der Waals surface area contributed by atoms with E-state index in [0.717, 1.165) is 32.4 Å². The summed E-state index contributed by atoms with van der Waals surface area (Å²) in [6, 6.07) is 2.95. The van der Waals surface area contributed by atoms with Crippen LogP contribution in [0, 0.1) is 0 Å². The first-order valence-corrected chi connectivity index (χ1v) is 11.8. The number of nitrogens with zero attached hydrogens (tertiary/aromatic N) is 1. The molecule has 0 unspecified atom stereocenters. The summed E-state index contributed by atoms with van der Waals surface area (Å²) >= 11 is 0. The van der Waals surface area contributed by atoms with Crippen molar-refractivity contribution in [1.29, 1.82) is 0 Å². The van der Waals surface area contributed by atoms with Crippen molar-refractivity contribution in [2.75, 3.05) is 30.3 Å². The van der Waals surface area contributed by atoms with Crippen molar-refractivity contribution >= 4 is 25.5 Å². The van der Waals surface area contributed by atoms with Gasteiger partial charge in [0.25, 0.3) is 0 Å². The number of primary sulfonamides is 1. The number of benzene rings is 1. The molecule has 0 aliphatic carbocycles. The van der Waals surface area contributed by atoms with Crippen molar-refractivity contribution < 1.29 is 16.8 Å². The first kappa shape index (κ1) is 20.4. The molecular weight excluding hydrogens is 394 g/mol. The summed E-state index contributed by atoms with van der Waals surface area (Å²) in [6.45, 7) is 1.37. The zero-order valence-electron chi connectivity index (χ0n) is 14.7. The number of nitrogens with two attached hydrogens (primary N) is 2. The number of hydrogen-bond acceptors (Lipinski definition) is 10. The van der Waals surface area contributed by atoms with Gasteiger partial charge < -0.3 is 10.6 Å². The standard InChI is InChI=1S/C14H25N7O4S2/c15-6-9-26(22,23)11-5-4-10(21-7-2-1-3-8-21)12(13(11)27(16,24)25)14-17-19-20-18-14/h4-5,14,17-20H,1-3,6-9,15H2,(H2,16,24,25). The number of piperidine rings is 1. The smallest absolute Gasteiger partial charge is 0.239 e. The highest BCUT2D eigenvalue weighted by Gasteiger charge is 2.34. The number of hydrazine groups is 3. The van der Waals surface area contributed by atoms with Crippen molar-refractivity contribution in [3.63, 3.8) is 0 Å². The fraction of sp³-hybridized carbons (Fsp3) is 0.571. The molecule has 11 nitrogen and oxygen atoms in total. The van der Waals surface area contributed by atoms with E-state index in [9.17, 15) is 16.8 Å². The SMILES string of the molecule is NCCS(=O)(=O)c1ccc(N2CCCCC2)c(C2NNNN2)c1S(N)(=O)=O. The van der Waals surface area contributed by atoms with Crippen LogP contribution in [0.25, 0.3) is 0 Å². The van der Waals surface area contributed by atoms with Crippen LogP contribution in [0.4, 0.5) is 5.69 Å². The maximum Gasteiger partial charge on any atom is 0.239 e. The Hall–Kier alpha value is -1.32. The average molecular weight is 420 g/mol. The average Bonchev–Trinajstić information content (AvgIpc) is 3.15. The van der Waals surface area contributed by atoms with Gasteiger partial charge >= 0.3 is 0 Å². The van der Waals surface area contributed by atoms with Gasteiger partial charge in [-0.25, -0.2) is 32.8 Å². The molecule has 2 heterocycles. The molecule has 2 saturated heterocycles. The van der Waals surface area contributed by atoms with Gasteiger partial charge in [-0.15, -0.1) is 0 Å². The second-order valence-corrected chi connectivity index (χ2v) is 10.1. The van der Waals surface area contributed by atoms with Gasteiger partial charge in [-0.2, -0.15) is 11.1 Å². The Bertz CT molecular complexity index is 892. The maximum atomic E-state index is 12.7. The molecular formula is C14H25N7O4S2. The van der Waals surface area contributed by atoms with Gasteiger partial charge in [0, 0.05) is 30.9 Å². The molecule has 13 heteroatoms. The first-order chi connectivity index (χ1) is 12.8. The summed E-state index contributed by atoms with van der Waals surface area (Å²) < 4.78 is 50.3. The van der Waals surface area contributed by atoms with Crippen LogP contribution >= 0.6 is 0 Å². The lowest BCUT2D eigenvalue weighted by Crippen LogP contribution is -2.35. The molecule has 2 fully saturated rings. The highest BCUT2D eigenvalue weighted by atomic mass is 32.2. The van der Waals surface area contributed by atoms with E-state index in [1.807, 2.05) is 0 Å². The highest BCUT2D eigenvalue weighted by Crippen LogP contribution is 2.37. The molecule has 2 aliphatic heterocycles. The zero-order chi connectivity index (χ0) is 19.7. The predicted molar refractivity (Wildman–Crippen MR) is 100 cm³/mol. The highest BCUT2D eigenvalue weighted by molar-refractivity contribution is 7.93. The fourth-order valence-electron chi connectivity index (χ4n) is 3.46. The molecule has 152 valence electrons. The number of sulfone groups is 1. The molecule has 0 saturated carbocycles. The number of anilines is 1. The van der Waals surface area contributed by atoms with E-state index in [1.165, 1.54) is 6.07 Å². The molecule has 27 heavy (non-hydrogen) atoms. The summed E-state index contributed by atoms with van der Waals surface area (Å²) in [5, 5.41) is 5.48. The van der Waals surface area contributed by atoms with Gasteiger partial charge in [-0.3, -0.25) is 0 Å². The quantitative estimate of drug-likeness (QED) is 0.308. The van der Waals surface area contributed by atoms with E-state index >= 15 is 0 Å². The van der Waals surface area contributed by atoms with E-state index in [1.54, 1.807) is 6.07 Å². The van der Waals surface area contributed by atoms with Gasteiger partial charge in [0.05, 0.1) is 10.6 Å². The Morgan fingerprint density at radius 1 is 1.04 bits per heavy atom. The number of sulfonamides is 1. The first-order valence-electron chi connectivity index (χ1n) is 8.64. The second-order valence-electron chi connectivity index (χ2n) is 6.50. The Morgan fingerprint density at radius 2 is 1.67 bits per heavy atom. The fourth-order valence-corrected chi connectivity index (χ4v) is 6.26. The third-order valence-corrected chi connectivity index (χ3v) is 7.55. The molecule has 2 aliphatic rings. The van der Waals surface area contributed by atoms with Crippen molar-refractivity contribution in [2.24, 2.45) is 10.9 Å². The number of hydrogen-bond donors (Lipinski definition) is 6. The van der Waals surface area contributed by atoms with E-state index in [2.05, 4.69) is 26.8 Å². The van der Waals surface area contributed by atoms with Gasteiger partial charge in [0.1, 0.15) is 11.1 Å². The number of nitrogens with one attached hydrogen (secondary N) is 4. The lowest BCUT2D eigenvalue weighted by molar-refractivity contribution is 0.523. The minimum Gasteiger partial charge on any atom is -0.371 e. The number of rotatable bonds is 6. The van der Waals surface area contributed by atoms with E-state index in [4.69, 9.17) is 10.9 Å². The van der Waals surface area contributed by atoms with E-state index in [0.29, 0.717) is 5.69 Å².